The number of anilines is 1. The van der Waals surface area contributed by atoms with Crippen LogP contribution in [0.25, 0.3) is 0 Å². The van der Waals surface area contributed by atoms with E-state index in [2.05, 4.69) is 5.32 Å². The molecule has 0 unspecified atom stereocenters. The monoisotopic (exact) mass is 378 g/mol. The van der Waals surface area contributed by atoms with E-state index in [1.54, 1.807) is 43.3 Å². The van der Waals surface area contributed by atoms with Crippen molar-refractivity contribution in [2.75, 3.05) is 18.4 Å². The summed E-state index contributed by atoms with van der Waals surface area (Å²) in [5, 5.41) is 3.35. The molecule has 1 N–H and O–H groups in total. The molecule has 0 aromatic heterocycles. The average Bonchev–Trinajstić information content (AvgIpc) is 3.12. The summed E-state index contributed by atoms with van der Waals surface area (Å²) in [7, 11) is -3.55. The number of sulfonamides is 1. The molecule has 2 aromatic rings. The zero-order valence-electron chi connectivity index (χ0n) is 13.8. The number of carbonyl (C=O) groups is 1. The molecule has 0 bridgehead atoms. The minimum atomic E-state index is -3.55. The summed E-state index contributed by atoms with van der Waals surface area (Å²) in [6.45, 7) is 2.84. The Bertz CT molecular complexity index is 889. The summed E-state index contributed by atoms with van der Waals surface area (Å²) in [6, 6.07) is 11.4. The van der Waals surface area contributed by atoms with E-state index in [4.69, 9.17) is 11.6 Å². The van der Waals surface area contributed by atoms with Crippen LogP contribution >= 0.6 is 11.6 Å². The molecular formula is C18H19ClN2O3S. The van der Waals surface area contributed by atoms with Gasteiger partial charge in [-0.05, 0) is 61.7 Å². The van der Waals surface area contributed by atoms with E-state index in [1.165, 1.54) is 10.4 Å². The van der Waals surface area contributed by atoms with Crippen molar-refractivity contribution < 1.29 is 13.2 Å². The lowest BCUT2D eigenvalue weighted by atomic mass is 10.1. The number of benzene rings is 2. The molecule has 1 saturated heterocycles. The maximum absolute atomic E-state index is 12.7. The minimum absolute atomic E-state index is 0.154. The van der Waals surface area contributed by atoms with Crippen LogP contribution in [-0.4, -0.2) is 31.7 Å². The van der Waals surface area contributed by atoms with Crippen molar-refractivity contribution in [2.45, 2.75) is 24.7 Å². The molecule has 1 aliphatic rings. The Morgan fingerprint density at radius 2 is 1.72 bits per heavy atom. The number of carbonyl (C=O) groups excluding carboxylic acids is 1. The molecule has 25 heavy (non-hydrogen) atoms. The van der Waals surface area contributed by atoms with Gasteiger partial charge in [0.1, 0.15) is 0 Å². The number of nitrogens with zero attached hydrogens (tertiary/aromatic N) is 1. The first-order valence-corrected chi connectivity index (χ1v) is 9.87. The lowest BCUT2D eigenvalue weighted by molar-refractivity contribution is 0.102. The molecule has 1 aliphatic heterocycles. The van der Waals surface area contributed by atoms with Gasteiger partial charge in [-0.25, -0.2) is 8.42 Å². The fourth-order valence-corrected chi connectivity index (χ4v) is 4.49. The first-order valence-electron chi connectivity index (χ1n) is 8.05. The second-order valence-corrected chi connectivity index (χ2v) is 8.42. The Labute approximate surface area is 152 Å². The summed E-state index contributed by atoms with van der Waals surface area (Å²) in [5.41, 5.74) is 1.66. The highest BCUT2D eigenvalue weighted by atomic mass is 35.5. The highest BCUT2D eigenvalue weighted by Crippen LogP contribution is 2.24. The van der Waals surface area contributed by atoms with Crippen LogP contribution in [0.3, 0.4) is 0 Å². The van der Waals surface area contributed by atoms with Gasteiger partial charge in [-0.15, -0.1) is 0 Å². The van der Waals surface area contributed by atoms with E-state index in [0.717, 1.165) is 12.8 Å². The number of hydrogen-bond donors (Lipinski definition) is 1. The molecule has 132 valence electrons. The normalized spacial score (nSPS) is 15.3. The number of hydrogen-bond acceptors (Lipinski definition) is 3. The zero-order chi connectivity index (χ0) is 18.0. The van der Waals surface area contributed by atoms with Crippen LogP contribution in [0.1, 0.15) is 28.8 Å². The van der Waals surface area contributed by atoms with Gasteiger partial charge in [0, 0.05) is 29.4 Å². The Morgan fingerprint density at radius 3 is 2.36 bits per heavy atom. The number of nitrogens with one attached hydrogen (secondary N) is 1. The van der Waals surface area contributed by atoms with Crippen molar-refractivity contribution in [2.24, 2.45) is 0 Å². The SMILES string of the molecule is Cc1ccc(S(=O)(=O)N2CCCC2)cc1C(=O)Nc1ccc(Cl)cc1. The Hall–Kier alpha value is -1.89. The topological polar surface area (TPSA) is 66.5 Å². The first kappa shape index (κ1) is 17.9. The molecule has 3 rings (SSSR count). The molecule has 0 atom stereocenters. The Kier molecular flexibility index (Phi) is 5.13. The Balaban J connectivity index is 1.88. The molecule has 1 amide bonds. The molecule has 0 radical (unpaired) electrons. The van der Waals surface area contributed by atoms with Gasteiger partial charge in [0.2, 0.25) is 10.0 Å². The molecule has 1 fully saturated rings. The largest absolute Gasteiger partial charge is 0.322 e. The van der Waals surface area contributed by atoms with Gasteiger partial charge in [-0.3, -0.25) is 4.79 Å². The predicted octanol–water partition coefficient (Wildman–Crippen LogP) is 3.69. The third-order valence-electron chi connectivity index (χ3n) is 4.26. The molecule has 2 aromatic carbocycles. The van der Waals surface area contributed by atoms with Crippen LogP contribution in [0.4, 0.5) is 5.69 Å². The molecule has 7 heteroatoms. The smallest absolute Gasteiger partial charge is 0.255 e. The maximum atomic E-state index is 12.7. The van der Waals surface area contributed by atoms with Crippen LogP contribution in [-0.2, 0) is 10.0 Å². The third-order valence-corrected chi connectivity index (χ3v) is 6.41. The van der Waals surface area contributed by atoms with Crippen molar-refractivity contribution in [3.63, 3.8) is 0 Å². The van der Waals surface area contributed by atoms with Crippen molar-refractivity contribution >= 4 is 33.2 Å². The van der Waals surface area contributed by atoms with Crippen LogP contribution < -0.4 is 5.32 Å². The van der Waals surface area contributed by atoms with E-state index in [0.29, 0.717) is 34.9 Å². The molecular weight excluding hydrogens is 360 g/mol. The van der Waals surface area contributed by atoms with E-state index in [-0.39, 0.29) is 10.8 Å². The van der Waals surface area contributed by atoms with E-state index in [9.17, 15) is 13.2 Å². The number of rotatable bonds is 4. The second-order valence-electron chi connectivity index (χ2n) is 6.05. The number of amides is 1. The van der Waals surface area contributed by atoms with Gasteiger partial charge >= 0.3 is 0 Å². The van der Waals surface area contributed by atoms with Crippen LogP contribution in [0.15, 0.2) is 47.4 Å². The Morgan fingerprint density at radius 1 is 1.08 bits per heavy atom. The fourth-order valence-electron chi connectivity index (χ4n) is 2.82. The lowest BCUT2D eigenvalue weighted by Crippen LogP contribution is -2.28. The quantitative estimate of drug-likeness (QED) is 0.882. The van der Waals surface area contributed by atoms with Crippen molar-refractivity contribution in [3.05, 3.63) is 58.6 Å². The number of halogens is 1. The first-order chi connectivity index (χ1) is 11.9. The molecule has 0 aliphatic carbocycles. The van der Waals surface area contributed by atoms with Crippen LogP contribution in [0.2, 0.25) is 5.02 Å². The third kappa shape index (κ3) is 3.86. The molecule has 5 nitrogen and oxygen atoms in total. The summed E-state index contributed by atoms with van der Waals surface area (Å²) in [5.74, 6) is -0.349. The highest BCUT2D eigenvalue weighted by Gasteiger charge is 2.28. The van der Waals surface area contributed by atoms with E-state index in [1.807, 2.05) is 0 Å². The van der Waals surface area contributed by atoms with Gasteiger partial charge in [0.25, 0.3) is 5.91 Å². The van der Waals surface area contributed by atoms with Crippen LogP contribution in [0.5, 0.6) is 0 Å². The summed E-state index contributed by atoms with van der Waals surface area (Å²) < 4.78 is 26.9. The molecule has 0 spiro atoms. The van der Waals surface area contributed by atoms with Crippen LogP contribution in [0, 0.1) is 6.92 Å². The predicted molar refractivity (Wildman–Crippen MR) is 98.6 cm³/mol. The average molecular weight is 379 g/mol. The van der Waals surface area contributed by atoms with Gasteiger partial charge in [0.15, 0.2) is 0 Å². The molecule has 1 heterocycles. The van der Waals surface area contributed by atoms with Crippen molar-refractivity contribution in [1.29, 1.82) is 0 Å². The molecule has 0 saturated carbocycles. The van der Waals surface area contributed by atoms with Gasteiger partial charge in [0.05, 0.1) is 4.90 Å². The number of aryl methyl sites for hydroxylation is 1. The lowest BCUT2D eigenvalue weighted by Gasteiger charge is -2.17. The zero-order valence-corrected chi connectivity index (χ0v) is 15.4. The maximum Gasteiger partial charge on any atom is 0.255 e. The summed E-state index contributed by atoms with van der Waals surface area (Å²) in [4.78, 5) is 12.7. The second kappa shape index (κ2) is 7.15. The van der Waals surface area contributed by atoms with Crippen molar-refractivity contribution in [3.8, 4) is 0 Å². The van der Waals surface area contributed by atoms with Gasteiger partial charge in [-0.2, -0.15) is 4.31 Å². The van der Waals surface area contributed by atoms with E-state index >= 15 is 0 Å². The summed E-state index contributed by atoms with van der Waals surface area (Å²) >= 11 is 5.84. The van der Waals surface area contributed by atoms with Gasteiger partial charge in [-0.1, -0.05) is 17.7 Å². The summed E-state index contributed by atoms with van der Waals surface area (Å²) in [6.07, 6.45) is 1.74. The van der Waals surface area contributed by atoms with Crippen molar-refractivity contribution in [1.82, 2.24) is 4.31 Å². The minimum Gasteiger partial charge on any atom is -0.322 e. The van der Waals surface area contributed by atoms with Gasteiger partial charge < -0.3 is 5.32 Å². The van der Waals surface area contributed by atoms with E-state index < -0.39 is 10.0 Å². The highest BCUT2D eigenvalue weighted by molar-refractivity contribution is 7.89. The fraction of sp³-hybridized carbons (Fsp3) is 0.278. The standard InChI is InChI=1S/C18H19ClN2O3S/c1-13-4-9-16(25(23,24)21-10-2-3-11-21)12-17(13)18(22)20-15-7-5-14(19)6-8-15/h4-9,12H,2-3,10-11H2,1H3,(H,20,22).